The first-order chi connectivity index (χ1) is 8.54. The first-order valence-electron chi connectivity index (χ1n) is 5.56. The van der Waals surface area contributed by atoms with Gasteiger partial charge in [-0.2, -0.15) is 0 Å². The Balaban J connectivity index is 2.29. The molecule has 98 valence electrons. The Labute approximate surface area is 117 Å². The number of carbonyl (C=O) groups excluding carboxylic acids is 1. The number of alkyl halides is 1. The Kier molecular flexibility index (Phi) is 4.22. The summed E-state index contributed by atoms with van der Waals surface area (Å²) in [6.45, 7) is 0.479. The summed E-state index contributed by atoms with van der Waals surface area (Å²) >= 11 is 8.71. The van der Waals surface area contributed by atoms with Gasteiger partial charge in [-0.05, 0) is 25.0 Å². The third-order valence-corrected chi connectivity index (χ3v) is 3.46. The zero-order valence-electron chi connectivity index (χ0n) is 9.43. The fourth-order valence-electron chi connectivity index (χ4n) is 1.77. The maximum atomic E-state index is 13.7. The van der Waals surface area contributed by atoms with E-state index < -0.39 is 17.5 Å². The lowest BCUT2D eigenvalue weighted by atomic mass is 10.1. The normalized spacial score (nSPS) is 14.7. The molecule has 0 radical (unpaired) electrons. The van der Waals surface area contributed by atoms with Crippen molar-refractivity contribution < 1.29 is 13.6 Å². The maximum Gasteiger partial charge on any atom is 0.257 e. The van der Waals surface area contributed by atoms with E-state index in [9.17, 15) is 13.6 Å². The van der Waals surface area contributed by atoms with E-state index >= 15 is 0 Å². The van der Waals surface area contributed by atoms with Crippen LogP contribution in [0.4, 0.5) is 8.78 Å². The van der Waals surface area contributed by atoms with Crippen LogP contribution in [-0.2, 0) is 0 Å². The molecular weight excluding hydrogens is 327 g/mol. The van der Waals surface area contributed by atoms with Crippen LogP contribution >= 0.6 is 27.5 Å². The van der Waals surface area contributed by atoms with Gasteiger partial charge in [0.15, 0.2) is 0 Å². The van der Waals surface area contributed by atoms with Crippen molar-refractivity contribution in [2.75, 3.05) is 11.9 Å². The number of rotatable bonds is 4. The van der Waals surface area contributed by atoms with Gasteiger partial charge in [-0.3, -0.25) is 4.79 Å². The number of carbonyl (C=O) groups is 1. The number of amides is 1. The van der Waals surface area contributed by atoms with Crippen LogP contribution in [-0.4, -0.2) is 28.7 Å². The minimum atomic E-state index is -0.786. The van der Waals surface area contributed by atoms with Crippen molar-refractivity contribution in [1.29, 1.82) is 0 Å². The summed E-state index contributed by atoms with van der Waals surface area (Å²) in [6.07, 6.45) is 1.83. The minimum Gasteiger partial charge on any atom is -0.335 e. The summed E-state index contributed by atoms with van der Waals surface area (Å²) in [6, 6.07) is 1.85. The molecule has 0 atom stereocenters. The maximum absolute atomic E-state index is 13.7. The van der Waals surface area contributed by atoms with E-state index in [1.807, 2.05) is 0 Å². The fraction of sp³-hybridized carbons (Fsp3) is 0.417. The Morgan fingerprint density at radius 2 is 2.06 bits per heavy atom. The smallest absolute Gasteiger partial charge is 0.257 e. The van der Waals surface area contributed by atoms with E-state index in [4.69, 9.17) is 11.6 Å². The highest BCUT2D eigenvalue weighted by atomic mass is 79.9. The van der Waals surface area contributed by atoms with Gasteiger partial charge in [0, 0.05) is 17.9 Å². The van der Waals surface area contributed by atoms with Crippen molar-refractivity contribution in [3.63, 3.8) is 0 Å². The molecule has 18 heavy (non-hydrogen) atoms. The van der Waals surface area contributed by atoms with Crippen LogP contribution in [0.15, 0.2) is 12.1 Å². The number of hydrogen-bond donors (Lipinski definition) is 0. The van der Waals surface area contributed by atoms with Crippen LogP contribution in [0.25, 0.3) is 0 Å². The lowest BCUT2D eigenvalue weighted by molar-refractivity contribution is 0.0749. The summed E-state index contributed by atoms with van der Waals surface area (Å²) in [5.74, 6) is -2.05. The number of nitrogens with zero attached hydrogens (tertiary/aromatic N) is 1. The van der Waals surface area contributed by atoms with Gasteiger partial charge >= 0.3 is 0 Å². The first-order valence-corrected chi connectivity index (χ1v) is 7.06. The van der Waals surface area contributed by atoms with Gasteiger partial charge in [-0.25, -0.2) is 8.78 Å². The zero-order chi connectivity index (χ0) is 13.3. The molecule has 1 aromatic carbocycles. The second kappa shape index (κ2) is 5.53. The van der Waals surface area contributed by atoms with E-state index in [0.29, 0.717) is 11.9 Å². The van der Waals surface area contributed by atoms with Gasteiger partial charge in [0.1, 0.15) is 11.6 Å². The first kappa shape index (κ1) is 13.7. The standard InChI is InChI=1S/C12H11BrClF2NO/c13-3-4-17(7-1-2-7)12(18)8-5-11(16)9(14)6-10(8)15/h5-7H,1-4H2. The number of halogens is 4. The lowest BCUT2D eigenvalue weighted by Gasteiger charge is -2.21. The zero-order valence-corrected chi connectivity index (χ0v) is 11.8. The van der Waals surface area contributed by atoms with E-state index in [-0.39, 0.29) is 16.6 Å². The van der Waals surface area contributed by atoms with Crippen LogP contribution in [0, 0.1) is 11.6 Å². The van der Waals surface area contributed by atoms with Crippen LogP contribution in [0.1, 0.15) is 23.2 Å². The molecule has 0 N–H and O–H groups in total. The van der Waals surface area contributed by atoms with Crippen molar-refractivity contribution in [1.82, 2.24) is 4.90 Å². The van der Waals surface area contributed by atoms with E-state index in [1.54, 1.807) is 4.90 Å². The molecule has 2 nitrogen and oxygen atoms in total. The summed E-state index contributed by atoms with van der Waals surface area (Å²) in [5.41, 5.74) is -0.259. The molecule has 1 aromatic rings. The van der Waals surface area contributed by atoms with Crippen LogP contribution < -0.4 is 0 Å². The van der Waals surface area contributed by atoms with Gasteiger partial charge in [0.05, 0.1) is 10.6 Å². The summed E-state index contributed by atoms with van der Waals surface area (Å²) in [7, 11) is 0. The molecule has 0 aromatic heterocycles. The molecule has 1 aliphatic carbocycles. The monoisotopic (exact) mass is 337 g/mol. The van der Waals surface area contributed by atoms with Gasteiger partial charge in [-0.15, -0.1) is 0 Å². The van der Waals surface area contributed by atoms with Gasteiger partial charge < -0.3 is 4.90 Å². The topological polar surface area (TPSA) is 20.3 Å². The van der Waals surface area contributed by atoms with Crippen molar-refractivity contribution in [2.24, 2.45) is 0 Å². The highest BCUT2D eigenvalue weighted by Gasteiger charge is 2.33. The average Bonchev–Trinajstić information content (AvgIpc) is 3.14. The lowest BCUT2D eigenvalue weighted by Crippen LogP contribution is -2.35. The third kappa shape index (κ3) is 2.83. The Hall–Kier alpha value is -0.680. The molecule has 0 spiro atoms. The highest BCUT2D eigenvalue weighted by molar-refractivity contribution is 9.09. The molecule has 0 bridgehead atoms. The minimum absolute atomic E-state index is 0.146. The van der Waals surface area contributed by atoms with Crippen molar-refractivity contribution in [2.45, 2.75) is 18.9 Å². The summed E-state index contributed by atoms with van der Waals surface area (Å²) < 4.78 is 27.0. The number of benzene rings is 1. The van der Waals surface area contributed by atoms with Crippen molar-refractivity contribution >= 4 is 33.4 Å². The molecule has 1 fully saturated rings. The molecule has 0 unspecified atom stereocenters. The molecule has 6 heteroatoms. The van der Waals surface area contributed by atoms with Crippen LogP contribution in [0.5, 0.6) is 0 Å². The second-order valence-corrected chi connectivity index (χ2v) is 5.37. The second-order valence-electron chi connectivity index (χ2n) is 4.16. The highest BCUT2D eigenvalue weighted by Crippen LogP contribution is 2.29. The SMILES string of the molecule is O=C(c1cc(F)c(Cl)cc1F)N(CCBr)C1CC1. The summed E-state index contributed by atoms with van der Waals surface area (Å²) in [5, 5.41) is 0.287. The van der Waals surface area contributed by atoms with Gasteiger partial charge in [0.25, 0.3) is 5.91 Å². The van der Waals surface area contributed by atoms with E-state index in [1.165, 1.54) is 0 Å². The Morgan fingerprint density at radius 1 is 1.39 bits per heavy atom. The molecule has 0 heterocycles. The molecular formula is C12H11BrClF2NO. The molecule has 1 amide bonds. The quantitative estimate of drug-likeness (QED) is 0.606. The van der Waals surface area contributed by atoms with Crippen molar-refractivity contribution in [3.8, 4) is 0 Å². The van der Waals surface area contributed by atoms with E-state index in [0.717, 1.165) is 25.0 Å². The van der Waals surface area contributed by atoms with Crippen LogP contribution in [0.2, 0.25) is 5.02 Å². The van der Waals surface area contributed by atoms with E-state index in [2.05, 4.69) is 15.9 Å². The van der Waals surface area contributed by atoms with Gasteiger partial charge in [-0.1, -0.05) is 27.5 Å². The fourth-order valence-corrected chi connectivity index (χ4v) is 2.30. The molecule has 0 aliphatic heterocycles. The van der Waals surface area contributed by atoms with Crippen LogP contribution in [0.3, 0.4) is 0 Å². The predicted octanol–water partition coefficient (Wildman–Crippen LogP) is 3.62. The Morgan fingerprint density at radius 3 is 2.61 bits per heavy atom. The predicted molar refractivity (Wildman–Crippen MR) is 69.2 cm³/mol. The van der Waals surface area contributed by atoms with Crippen molar-refractivity contribution in [3.05, 3.63) is 34.4 Å². The summed E-state index contributed by atoms with van der Waals surface area (Å²) in [4.78, 5) is 13.7. The number of hydrogen-bond acceptors (Lipinski definition) is 1. The Bertz CT molecular complexity index is 479. The molecule has 1 saturated carbocycles. The third-order valence-electron chi connectivity index (χ3n) is 2.81. The average molecular weight is 339 g/mol. The van der Waals surface area contributed by atoms with Gasteiger partial charge in [0.2, 0.25) is 0 Å². The molecule has 1 aliphatic rings. The largest absolute Gasteiger partial charge is 0.335 e. The molecule has 2 rings (SSSR count). The molecule has 0 saturated heterocycles.